The van der Waals surface area contributed by atoms with Gasteiger partial charge in [-0.3, -0.25) is 0 Å². The van der Waals surface area contributed by atoms with Crippen molar-refractivity contribution in [2.24, 2.45) is 0 Å². The first-order chi connectivity index (χ1) is 7.95. The molecule has 0 bridgehead atoms. The molecule has 0 atom stereocenters. The molecule has 0 aromatic heterocycles. The lowest BCUT2D eigenvalue weighted by Crippen LogP contribution is -2.30. The number of hydrogen-bond donors (Lipinski definition) is 2. The Labute approximate surface area is 100 Å². The average molecular weight is 254 g/mol. The van der Waals surface area contributed by atoms with Crippen molar-refractivity contribution in [3.8, 4) is 0 Å². The zero-order chi connectivity index (χ0) is 12.5. The largest absolute Gasteiger partial charge is 0.335 e. The van der Waals surface area contributed by atoms with Crippen LogP contribution in [0.25, 0.3) is 0 Å². The topological polar surface area (TPSA) is 75.3 Å². The van der Waals surface area contributed by atoms with Crippen LogP contribution in [0.1, 0.15) is 12.8 Å². The molecule has 0 spiro atoms. The molecule has 2 N–H and O–H groups in total. The number of carbonyl (C=O) groups excluding carboxylic acids is 1. The number of anilines is 1. The van der Waals surface area contributed by atoms with Gasteiger partial charge in [0, 0.05) is 18.0 Å². The summed E-state index contributed by atoms with van der Waals surface area (Å²) in [6, 6.07) is 6.14. The number of urea groups is 1. The van der Waals surface area contributed by atoms with Crippen LogP contribution in [0.15, 0.2) is 29.2 Å². The van der Waals surface area contributed by atoms with Crippen LogP contribution < -0.4 is 10.6 Å². The molecule has 1 fully saturated rings. The molecule has 0 saturated heterocycles. The van der Waals surface area contributed by atoms with Crippen LogP contribution in [0.4, 0.5) is 10.5 Å². The average Bonchev–Trinajstić information content (AvgIpc) is 3.01. The van der Waals surface area contributed by atoms with Gasteiger partial charge in [-0.1, -0.05) is 0 Å². The second kappa shape index (κ2) is 4.37. The molecule has 1 aliphatic rings. The third-order valence-electron chi connectivity index (χ3n) is 2.45. The van der Waals surface area contributed by atoms with Gasteiger partial charge in [-0.25, -0.2) is 13.2 Å². The quantitative estimate of drug-likeness (QED) is 0.855. The van der Waals surface area contributed by atoms with E-state index >= 15 is 0 Å². The van der Waals surface area contributed by atoms with Crippen molar-refractivity contribution in [1.29, 1.82) is 0 Å². The smallest absolute Gasteiger partial charge is 0.319 e. The van der Waals surface area contributed by atoms with Gasteiger partial charge in [-0.2, -0.15) is 0 Å². The van der Waals surface area contributed by atoms with Gasteiger partial charge in [0.15, 0.2) is 9.84 Å². The standard InChI is InChI=1S/C11H14N2O3S/c1-17(15,16)10-6-4-9(5-7-10)13-11(14)12-8-2-3-8/h4-8H,2-3H2,1H3,(H2,12,13,14). The maximum Gasteiger partial charge on any atom is 0.319 e. The monoisotopic (exact) mass is 254 g/mol. The van der Waals surface area contributed by atoms with Crippen molar-refractivity contribution in [2.75, 3.05) is 11.6 Å². The van der Waals surface area contributed by atoms with E-state index in [4.69, 9.17) is 0 Å². The van der Waals surface area contributed by atoms with Gasteiger partial charge >= 0.3 is 6.03 Å². The van der Waals surface area contributed by atoms with Crippen LogP contribution in [-0.4, -0.2) is 26.7 Å². The summed E-state index contributed by atoms with van der Waals surface area (Å²) in [7, 11) is -3.19. The molecule has 2 amide bonds. The lowest BCUT2D eigenvalue weighted by Gasteiger charge is -2.06. The maximum atomic E-state index is 11.4. The Balaban J connectivity index is 2.00. The first kappa shape index (κ1) is 11.9. The summed E-state index contributed by atoms with van der Waals surface area (Å²) in [5, 5.41) is 5.43. The zero-order valence-corrected chi connectivity index (χ0v) is 10.3. The summed E-state index contributed by atoms with van der Waals surface area (Å²) in [6.45, 7) is 0. The van der Waals surface area contributed by atoms with E-state index < -0.39 is 9.84 Å². The molecule has 1 saturated carbocycles. The summed E-state index contributed by atoms with van der Waals surface area (Å²) in [5.74, 6) is 0. The Hall–Kier alpha value is -1.56. The highest BCUT2D eigenvalue weighted by atomic mass is 32.2. The Morgan fingerprint density at radius 2 is 1.82 bits per heavy atom. The summed E-state index contributed by atoms with van der Waals surface area (Å²) in [5.41, 5.74) is 0.579. The van der Waals surface area contributed by atoms with Gasteiger partial charge in [-0.05, 0) is 37.1 Å². The van der Waals surface area contributed by atoms with Gasteiger partial charge in [0.25, 0.3) is 0 Å². The minimum absolute atomic E-state index is 0.241. The normalized spacial score (nSPS) is 15.4. The van der Waals surface area contributed by atoms with E-state index in [1.54, 1.807) is 12.1 Å². The van der Waals surface area contributed by atoms with Gasteiger partial charge in [0.2, 0.25) is 0 Å². The number of nitrogens with one attached hydrogen (secondary N) is 2. The third kappa shape index (κ3) is 3.45. The van der Waals surface area contributed by atoms with Crippen molar-refractivity contribution in [3.05, 3.63) is 24.3 Å². The molecular weight excluding hydrogens is 240 g/mol. The highest BCUT2D eigenvalue weighted by molar-refractivity contribution is 7.90. The molecular formula is C11H14N2O3S. The highest BCUT2D eigenvalue weighted by Crippen LogP contribution is 2.19. The molecule has 92 valence electrons. The van der Waals surface area contributed by atoms with Crippen molar-refractivity contribution < 1.29 is 13.2 Å². The summed E-state index contributed by atoms with van der Waals surface area (Å²) < 4.78 is 22.4. The van der Waals surface area contributed by atoms with E-state index in [2.05, 4.69) is 10.6 Å². The second-order valence-corrected chi connectivity index (χ2v) is 6.19. The zero-order valence-electron chi connectivity index (χ0n) is 9.43. The molecule has 1 aliphatic carbocycles. The summed E-state index contributed by atoms with van der Waals surface area (Å²) >= 11 is 0. The van der Waals surface area contributed by atoms with E-state index in [0.717, 1.165) is 19.1 Å². The summed E-state index contributed by atoms with van der Waals surface area (Å²) in [4.78, 5) is 11.6. The number of benzene rings is 1. The Morgan fingerprint density at radius 3 is 2.29 bits per heavy atom. The minimum atomic E-state index is -3.19. The van der Waals surface area contributed by atoms with E-state index in [-0.39, 0.29) is 10.9 Å². The lowest BCUT2D eigenvalue weighted by molar-refractivity contribution is 0.251. The Bertz CT molecular complexity index is 518. The van der Waals surface area contributed by atoms with Gasteiger partial charge < -0.3 is 10.6 Å². The predicted molar refractivity (Wildman–Crippen MR) is 64.7 cm³/mol. The summed E-state index contributed by atoms with van der Waals surface area (Å²) in [6.07, 6.45) is 3.20. The fraction of sp³-hybridized carbons (Fsp3) is 0.364. The molecule has 5 nitrogen and oxygen atoms in total. The Kier molecular flexibility index (Phi) is 3.06. The number of hydrogen-bond acceptors (Lipinski definition) is 3. The van der Waals surface area contributed by atoms with Crippen LogP contribution in [0.3, 0.4) is 0 Å². The number of amides is 2. The van der Waals surface area contributed by atoms with Crippen LogP contribution in [0.5, 0.6) is 0 Å². The molecule has 0 aliphatic heterocycles. The third-order valence-corrected chi connectivity index (χ3v) is 3.58. The first-order valence-corrected chi connectivity index (χ1v) is 7.22. The van der Waals surface area contributed by atoms with E-state index in [1.165, 1.54) is 12.1 Å². The molecule has 2 rings (SSSR count). The van der Waals surface area contributed by atoms with Crippen molar-refractivity contribution in [3.63, 3.8) is 0 Å². The minimum Gasteiger partial charge on any atom is -0.335 e. The number of carbonyl (C=O) groups is 1. The number of sulfone groups is 1. The molecule has 1 aromatic carbocycles. The van der Waals surface area contributed by atoms with Crippen molar-refractivity contribution in [1.82, 2.24) is 5.32 Å². The van der Waals surface area contributed by atoms with Crippen molar-refractivity contribution >= 4 is 21.6 Å². The van der Waals surface area contributed by atoms with E-state index in [9.17, 15) is 13.2 Å². The predicted octanol–water partition coefficient (Wildman–Crippen LogP) is 1.37. The van der Waals surface area contributed by atoms with Crippen LogP contribution in [0.2, 0.25) is 0 Å². The Morgan fingerprint density at radius 1 is 1.24 bits per heavy atom. The lowest BCUT2D eigenvalue weighted by atomic mass is 10.3. The van der Waals surface area contributed by atoms with Gasteiger partial charge in [-0.15, -0.1) is 0 Å². The van der Waals surface area contributed by atoms with E-state index in [1.807, 2.05) is 0 Å². The molecule has 0 radical (unpaired) electrons. The van der Waals surface area contributed by atoms with Crippen LogP contribution in [-0.2, 0) is 9.84 Å². The van der Waals surface area contributed by atoms with Gasteiger partial charge in [0.1, 0.15) is 0 Å². The first-order valence-electron chi connectivity index (χ1n) is 5.33. The van der Waals surface area contributed by atoms with Crippen molar-refractivity contribution in [2.45, 2.75) is 23.8 Å². The molecule has 1 aromatic rings. The molecule has 17 heavy (non-hydrogen) atoms. The SMILES string of the molecule is CS(=O)(=O)c1ccc(NC(=O)NC2CC2)cc1. The number of rotatable bonds is 3. The highest BCUT2D eigenvalue weighted by Gasteiger charge is 2.23. The van der Waals surface area contributed by atoms with Crippen LogP contribution >= 0.6 is 0 Å². The molecule has 0 unspecified atom stereocenters. The fourth-order valence-corrected chi connectivity index (χ4v) is 2.00. The van der Waals surface area contributed by atoms with E-state index in [0.29, 0.717) is 11.7 Å². The second-order valence-electron chi connectivity index (χ2n) is 4.17. The van der Waals surface area contributed by atoms with Gasteiger partial charge in [0.05, 0.1) is 4.90 Å². The maximum absolute atomic E-state index is 11.4. The van der Waals surface area contributed by atoms with Crippen LogP contribution in [0, 0.1) is 0 Å². The fourth-order valence-electron chi connectivity index (χ4n) is 1.37. The molecule has 6 heteroatoms. The molecule has 0 heterocycles.